The summed E-state index contributed by atoms with van der Waals surface area (Å²) in [5.74, 6) is 1.48. The molecule has 3 aliphatic rings. The maximum Gasteiger partial charge on any atom is 0.200 e. The van der Waals surface area contributed by atoms with Crippen molar-refractivity contribution in [2.45, 2.75) is 51.1 Å². The van der Waals surface area contributed by atoms with E-state index in [0.717, 1.165) is 48.7 Å². The number of aryl methyl sites for hydroxylation is 1. The lowest BCUT2D eigenvalue weighted by Gasteiger charge is -2.57. The minimum atomic E-state index is 0.667. The van der Waals surface area contributed by atoms with E-state index in [1.165, 1.54) is 44.5 Å². The average Bonchev–Trinajstić information content (AvgIpc) is 3.18. The van der Waals surface area contributed by atoms with Gasteiger partial charge in [-0.2, -0.15) is 9.61 Å². The molecule has 5 heterocycles. The maximum absolute atomic E-state index is 4.65. The lowest BCUT2D eigenvalue weighted by Crippen LogP contribution is -2.65. The molecule has 0 aliphatic carbocycles. The molecule has 7 nitrogen and oxygen atoms in total. The predicted octanol–water partition coefficient (Wildman–Crippen LogP) is 1.93. The van der Waals surface area contributed by atoms with E-state index in [1.807, 2.05) is 4.52 Å². The first kappa shape index (κ1) is 18.3. The maximum atomic E-state index is 4.65. The Morgan fingerprint density at radius 3 is 2.86 bits per heavy atom. The number of hydrogen-bond donors (Lipinski definition) is 0. The van der Waals surface area contributed by atoms with Crippen molar-refractivity contribution in [3.63, 3.8) is 0 Å². The van der Waals surface area contributed by atoms with E-state index in [0.29, 0.717) is 6.04 Å². The minimum Gasteiger partial charge on any atom is -0.368 e. The molecule has 0 unspecified atom stereocenters. The van der Waals surface area contributed by atoms with Crippen molar-refractivity contribution in [2.75, 3.05) is 45.2 Å². The van der Waals surface area contributed by atoms with E-state index >= 15 is 0 Å². The zero-order valence-electron chi connectivity index (χ0n) is 17.5. The van der Waals surface area contributed by atoms with Crippen LogP contribution < -0.4 is 4.90 Å². The van der Waals surface area contributed by atoms with Crippen molar-refractivity contribution in [3.05, 3.63) is 18.1 Å². The highest BCUT2D eigenvalue weighted by molar-refractivity contribution is 5.68. The fourth-order valence-corrected chi connectivity index (χ4v) is 6.00. The molecule has 0 saturated carbocycles. The first-order chi connectivity index (χ1) is 13.6. The molecule has 0 N–H and O–H groups in total. The molecule has 2 bridgehead atoms. The molecule has 3 fully saturated rings. The quantitative estimate of drug-likeness (QED) is 0.804. The van der Waals surface area contributed by atoms with Crippen LogP contribution in [0.5, 0.6) is 0 Å². The summed E-state index contributed by atoms with van der Waals surface area (Å²) in [6.45, 7) is 6.88. The molecular formula is C21H33N7. The Labute approximate surface area is 167 Å². The van der Waals surface area contributed by atoms with E-state index in [1.54, 1.807) is 6.33 Å². The van der Waals surface area contributed by atoms with Gasteiger partial charge in [-0.3, -0.25) is 4.90 Å². The summed E-state index contributed by atoms with van der Waals surface area (Å²) in [5, 5.41) is 13.2. The van der Waals surface area contributed by atoms with Gasteiger partial charge in [0.1, 0.15) is 6.33 Å². The molecule has 4 atom stereocenters. The zero-order valence-corrected chi connectivity index (χ0v) is 17.5. The molecule has 7 heteroatoms. The fraction of sp³-hybridized carbons (Fsp3) is 0.762. The topological polar surface area (TPSA) is 52.8 Å². The van der Waals surface area contributed by atoms with Crippen molar-refractivity contribution in [2.24, 2.45) is 11.8 Å². The van der Waals surface area contributed by atoms with Crippen LogP contribution in [-0.4, -0.2) is 82.0 Å². The lowest BCUT2D eigenvalue weighted by molar-refractivity contribution is -0.0399. The van der Waals surface area contributed by atoms with E-state index in [4.69, 9.17) is 0 Å². The average molecular weight is 384 g/mol. The van der Waals surface area contributed by atoms with Crippen LogP contribution in [0.4, 0.5) is 5.69 Å². The first-order valence-corrected chi connectivity index (χ1v) is 11.0. The predicted molar refractivity (Wildman–Crippen MR) is 111 cm³/mol. The third-order valence-corrected chi connectivity index (χ3v) is 7.18. The molecule has 0 radical (unpaired) electrons. The van der Waals surface area contributed by atoms with Gasteiger partial charge in [-0.25, -0.2) is 0 Å². The number of nitrogens with zero attached hydrogens (tertiary/aromatic N) is 7. The summed E-state index contributed by atoms with van der Waals surface area (Å²) in [7, 11) is 4.45. The molecular weight excluding hydrogens is 350 g/mol. The van der Waals surface area contributed by atoms with Crippen LogP contribution in [0.25, 0.3) is 5.65 Å². The second kappa shape index (κ2) is 7.26. The van der Waals surface area contributed by atoms with E-state index < -0.39 is 0 Å². The van der Waals surface area contributed by atoms with Gasteiger partial charge in [-0.1, -0.05) is 13.3 Å². The number of likely N-dealkylation sites (N-methyl/N-ethyl adjacent to an activating group) is 1. The summed E-state index contributed by atoms with van der Waals surface area (Å²) in [5.41, 5.74) is 3.25. The van der Waals surface area contributed by atoms with Crippen LogP contribution in [0.1, 0.15) is 38.3 Å². The van der Waals surface area contributed by atoms with Gasteiger partial charge >= 0.3 is 0 Å². The molecule has 3 saturated heterocycles. The van der Waals surface area contributed by atoms with Crippen LogP contribution in [-0.2, 0) is 6.42 Å². The van der Waals surface area contributed by atoms with Crippen LogP contribution in [0.3, 0.4) is 0 Å². The van der Waals surface area contributed by atoms with Crippen molar-refractivity contribution >= 4 is 11.3 Å². The molecule has 2 aromatic heterocycles. The number of rotatable bonds is 4. The largest absolute Gasteiger partial charge is 0.368 e. The van der Waals surface area contributed by atoms with Gasteiger partial charge in [-0.05, 0) is 64.2 Å². The number of aromatic nitrogens is 4. The Balaban J connectivity index is 1.50. The Hall–Kier alpha value is -1.73. The molecule has 152 valence electrons. The van der Waals surface area contributed by atoms with Crippen LogP contribution >= 0.6 is 0 Å². The van der Waals surface area contributed by atoms with Gasteiger partial charge in [0.15, 0.2) is 0 Å². The van der Waals surface area contributed by atoms with Gasteiger partial charge in [0, 0.05) is 31.7 Å². The highest BCUT2D eigenvalue weighted by Crippen LogP contribution is 2.42. The van der Waals surface area contributed by atoms with Gasteiger partial charge in [0.2, 0.25) is 5.65 Å². The Bertz CT molecular complexity index is 831. The van der Waals surface area contributed by atoms with E-state index in [-0.39, 0.29) is 0 Å². The molecule has 5 rings (SSSR count). The monoisotopic (exact) mass is 383 g/mol. The smallest absolute Gasteiger partial charge is 0.200 e. The molecule has 28 heavy (non-hydrogen) atoms. The number of hydrogen-bond acceptors (Lipinski definition) is 6. The third kappa shape index (κ3) is 3.08. The summed E-state index contributed by atoms with van der Waals surface area (Å²) in [4.78, 5) is 7.88. The number of piperidine rings is 3. The van der Waals surface area contributed by atoms with Crippen molar-refractivity contribution in [3.8, 4) is 0 Å². The Morgan fingerprint density at radius 2 is 2.04 bits per heavy atom. The van der Waals surface area contributed by atoms with Gasteiger partial charge in [-0.15, -0.1) is 10.2 Å². The van der Waals surface area contributed by atoms with Crippen LogP contribution in [0.2, 0.25) is 0 Å². The van der Waals surface area contributed by atoms with E-state index in [2.05, 4.69) is 57.1 Å². The van der Waals surface area contributed by atoms with Crippen LogP contribution in [0, 0.1) is 11.8 Å². The second-order valence-electron chi connectivity index (χ2n) is 9.26. The first-order valence-electron chi connectivity index (χ1n) is 11.0. The molecule has 2 aromatic rings. The van der Waals surface area contributed by atoms with Gasteiger partial charge in [0.05, 0.1) is 11.4 Å². The standard InChI is InChI=1S/C21H33N7/c1-4-17-10-19(21-23-22-14-28(21)24-17)26-11-15-9-16(12-26)20(13-25(2)3)27-8-6-5-7-18(15)27/h10,14-16,18,20H,4-9,11-13H2,1-3H3/t15-,16+,18+,20+/m1/s1. The number of anilines is 1. The highest BCUT2D eigenvalue weighted by atomic mass is 15.4. The molecule has 0 spiro atoms. The molecule has 3 aliphatic heterocycles. The Morgan fingerprint density at radius 1 is 1.18 bits per heavy atom. The van der Waals surface area contributed by atoms with Gasteiger partial charge < -0.3 is 9.80 Å². The molecule has 0 aromatic carbocycles. The van der Waals surface area contributed by atoms with Crippen molar-refractivity contribution < 1.29 is 0 Å². The minimum absolute atomic E-state index is 0.667. The third-order valence-electron chi connectivity index (χ3n) is 7.18. The normalized spacial score (nSPS) is 30.8. The van der Waals surface area contributed by atoms with Gasteiger partial charge in [0.25, 0.3) is 0 Å². The highest BCUT2D eigenvalue weighted by Gasteiger charge is 2.47. The second-order valence-corrected chi connectivity index (χ2v) is 9.26. The summed E-state index contributed by atoms with van der Waals surface area (Å²) < 4.78 is 1.86. The summed E-state index contributed by atoms with van der Waals surface area (Å²) in [6.07, 6.45) is 8.17. The Kier molecular flexibility index (Phi) is 4.75. The zero-order chi connectivity index (χ0) is 19.3. The lowest BCUT2D eigenvalue weighted by atomic mass is 9.72. The molecule has 0 amide bonds. The van der Waals surface area contributed by atoms with Crippen molar-refractivity contribution in [1.29, 1.82) is 0 Å². The summed E-state index contributed by atoms with van der Waals surface area (Å²) in [6, 6.07) is 3.67. The van der Waals surface area contributed by atoms with Crippen molar-refractivity contribution in [1.82, 2.24) is 29.6 Å². The summed E-state index contributed by atoms with van der Waals surface area (Å²) >= 11 is 0. The van der Waals surface area contributed by atoms with Crippen LogP contribution in [0.15, 0.2) is 12.4 Å². The number of fused-ring (bicyclic) bond motifs is 5. The SMILES string of the molecule is CCc1cc(N2C[C@H]3C[C@@H](C2)[C@H](CN(C)C)N2CCCC[C@@H]32)c2nncn2n1. The van der Waals surface area contributed by atoms with E-state index in [9.17, 15) is 0 Å². The fourth-order valence-electron chi connectivity index (χ4n) is 6.00.